The van der Waals surface area contributed by atoms with Crippen LogP contribution >= 0.6 is 0 Å². The van der Waals surface area contributed by atoms with Crippen molar-refractivity contribution in [1.29, 1.82) is 0 Å². The van der Waals surface area contributed by atoms with E-state index in [9.17, 15) is 4.79 Å². The molecule has 19 heavy (non-hydrogen) atoms. The molecule has 2 N–H and O–H groups in total. The van der Waals surface area contributed by atoms with E-state index in [2.05, 4.69) is 9.97 Å². The van der Waals surface area contributed by atoms with Gasteiger partial charge in [-0.25, -0.2) is 0 Å². The summed E-state index contributed by atoms with van der Waals surface area (Å²) in [7, 11) is 2.95. The van der Waals surface area contributed by atoms with Crippen LogP contribution in [0.3, 0.4) is 0 Å². The molecule has 0 bridgehead atoms. The SMILES string of the molecule is COc1cc(-c2ccccc2C(N)=O)nc(OC)n1. The molecule has 0 radical (unpaired) electrons. The van der Waals surface area contributed by atoms with Crippen LogP contribution in [0.1, 0.15) is 10.4 Å². The van der Waals surface area contributed by atoms with Gasteiger partial charge in [-0.05, 0) is 6.07 Å². The summed E-state index contributed by atoms with van der Waals surface area (Å²) in [5.74, 6) is -0.173. The topological polar surface area (TPSA) is 87.3 Å². The van der Waals surface area contributed by atoms with Gasteiger partial charge in [0.15, 0.2) is 0 Å². The molecule has 0 aliphatic carbocycles. The molecular formula is C13H13N3O3. The second-order valence-electron chi connectivity index (χ2n) is 3.69. The van der Waals surface area contributed by atoms with Crippen LogP contribution in [0.2, 0.25) is 0 Å². The van der Waals surface area contributed by atoms with Crippen LogP contribution in [0.15, 0.2) is 30.3 Å². The number of carbonyl (C=O) groups is 1. The standard InChI is InChI=1S/C13H13N3O3/c1-18-11-7-10(15-13(16-11)19-2)8-5-3-4-6-9(8)12(14)17/h3-7H,1-2H3,(H2,14,17). The molecule has 6 nitrogen and oxygen atoms in total. The van der Waals surface area contributed by atoms with E-state index in [1.807, 2.05) is 0 Å². The fraction of sp³-hybridized carbons (Fsp3) is 0.154. The number of aromatic nitrogens is 2. The summed E-state index contributed by atoms with van der Waals surface area (Å²) in [5.41, 5.74) is 6.85. The Labute approximate surface area is 110 Å². The van der Waals surface area contributed by atoms with Crippen LogP contribution in [-0.4, -0.2) is 30.1 Å². The summed E-state index contributed by atoms with van der Waals surface area (Å²) < 4.78 is 10.1. The van der Waals surface area contributed by atoms with E-state index in [0.717, 1.165) is 0 Å². The van der Waals surface area contributed by atoms with Gasteiger partial charge in [-0.1, -0.05) is 18.2 Å². The molecular weight excluding hydrogens is 246 g/mol. The van der Waals surface area contributed by atoms with Crippen molar-refractivity contribution in [1.82, 2.24) is 9.97 Å². The minimum atomic E-state index is -0.521. The summed E-state index contributed by atoms with van der Waals surface area (Å²) >= 11 is 0. The van der Waals surface area contributed by atoms with E-state index < -0.39 is 5.91 Å². The second-order valence-corrected chi connectivity index (χ2v) is 3.69. The molecule has 0 aliphatic heterocycles. The van der Waals surface area contributed by atoms with E-state index in [1.165, 1.54) is 14.2 Å². The van der Waals surface area contributed by atoms with Crippen LogP contribution in [0, 0.1) is 0 Å². The minimum absolute atomic E-state index is 0.161. The molecule has 0 fully saturated rings. The Morgan fingerprint density at radius 3 is 2.53 bits per heavy atom. The maximum atomic E-state index is 11.4. The predicted octanol–water partition coefficient (Wildman–Crippen LogP) is 1.26. The third kappa shape index (κ3) is 2.62. The second kappa shape index (κ2) is 5.34. The predicted molar refractivity (Wildman–Crippen MR) is 69.1 cm³/mol. The molecule has 0 atom stereocenters. The monoisotopic (exact) mass is 259 g/mol. The quantitative estimate of drug-likeness (QED) is 0.893. The average molecular weight is 259 g/mol. The van der Waals surface area contributed by atoms with Gasteiger partial charge < -0.3 is 15.2 Å². The van der Waals surface area contributed by atoms with Gasteiger partial charge in [0.05, 0.1) is 19.9 Å². The van der Waals surface area contributed by atoms with Crippen LogP contribution in [0.5, 0.6) is 11.9 Å². The number of hydrogen-bond donors (Lipinski definition) is 1. The summed E-state index contributed by atoms with van der Waals surface area (Å²) in [6.07, 6.45) is 0. The van der Waals surface area contributed by atoms with Gasteiger partial charge in [0.1, 0.15) is 0 Å². The number of ether oxygens (including phenoxy) is 2. The van der Waals surface area contributed by atoms with Gasteiger partial charge in [-0.3, -0.25) is 4.79 Å². The van der Waals surface area contributed by atoms with Gasteiger partial charge in [0.25, 0.3) is 0 Å². The summed E-state index contributed by atoms with van der Waals surface area (Å²) in [6.45, 7) is 0. The lowest BCUT2D eigenvalue weighted by molar-refractivity contribution is 0.100. The average Bonchev–Trinajstić information content (AvgIpc) is 2.46. The summed E-state index contributed by atoms with van der Waals surface area (Å²) in [5, 5.41) is 0. The highest BCUT2D eigenvalue weighted by molar-refractivity contribution is 5.99. The van der Waals surface area contributed by atoms with E-state index in [1.54, 1.807) is 30.3 Å². The van der Waals surface area contributed by atoms with E-state index in [4.69, 9.17) is 15.2 Å². The van der Waals surface area contributed by atoms with Crippen molar-refractivity contribution < 1.29 is 14.3 Å². The number of methoxy groups -OCH3 is 2. The molecule has 0 saturated heterocycles. The largest absolute Gasteiger partial charge is 0.481 e. The highest BCUT2D eigenvalue weighted by Gasteiger charge is 2.13. The molecule has 0 unspecified atom stereocenters. The van der Waals surface area contributed by atoms with Crippen molar-refractivity contribution in [3.8, 4) is 23.1 Å². The Balaban J connectivity index is 2.61. The van der Waals surface area contributed by atoms with Crippen LogP contribution in [0.4, 0.5) is 0 Å². The first-order chi connectivity index (χ1) is 9.15. The number of nitrogens with zero attached hydrogens (tertiary/aromatic N) is 2. The fourth-order valence-electron chi connectivity index (χ4n) is 1.66. The van der Waals surface area contributed by atoms with Crippen LogP contribution < -0.4 is 15.2 Å². The normalized spacial score (nSPS) is 10.0. The zero-order chi connectivity index (χ0) is 13.8. The Kier molecular flexibility index (Phi) is 3.61. The van der Waals surface area contributed by atoms with E-state index >= 15 is 0 Å². The minimum Gasteiger partial charge on any atom is -0.481 e. The number of carbonyl (C=O) groups excluding carboxylic acids is 1. The zero-order valence-electron chi connectivity index (χ0n) is 10.6. The molecule has 2 rings (SSSR count). The highest BCUT2D eigenvalue weighted by atomic mass is 16.5. The molecule has 2 aromatic rings. The first kappa shape index (κ1) is 12.8. The maximum Gasteiger partial charge on any atom is 0.320 e. The first-order valence-corrected chi connectivity index (χ1v) is 5.52. The van der Waals surface area contributed by atoms with Crippen molar-refractivity contribution in [3.63, 3.8) is 0 Å². The van der Waals surface area contributed by atoms with Crippen molar-refractivity contribution >= 4 is 5.91 Å². The van der Waals surface area contributed by atoms with Crippen molar-refractivity contribution in [3.05, 3.63) is 35.9 Å². The van der Waals surface area contributed by atoms with Gasteiger partial charge in [-0.2, -0.15) is 9.97 Å². The molecule has 0 spiro atoms. The van der Waals surface area contributed by atoms with Crippen molar-refractivity contribution in [2.75, 3.05) is 14.2 Å². The van der Waals surface area contributed by atoms with Gasteiger partial charge in [0, 0.05) is 17.2 Å². The molecule has 1 amide bonds. The molecule has 1 aromatic heterocycles. The van der Waals surface area contributed by atoms with Gasteiger partial charge in [-0.15, -0.1) is 0 Å². The lowest BCUT2D eigenvalue weighted by Crippen LogP contribution is -2.12. The number of primary amides is 1. The molecule has 0 aliphatic rings. The summed E-state index contributed by atoms with van der Waals surface area (Å²) in [6, 6.07) is 8.69. The Morgan fingerprint density at radius 2 is 1.89 bits per heavy atom. The lowest BCUT2D eigenvalue weighted by Gasteiger charge is -2.08. The Morgan fingerprint density at radius 1 is 1.16 bits per heavy atom. The number of rotatable bonds is 4. The Bertz CT molecular complexity index is 592. The molecule has 1 heterocycles. The number of benzene rings is 1. The third-order valence-electron chi connectivity index (χ3n) is 2.54. The van der Waals surface area contributed by atoms with Crippen LogP contribution in [0.25, 0.3) is 11.3 Å². The number of nitrogens with two attached hydrogens (primary N) is 1. The van der Waals surface area contributed by atoms with Gasteiger partial charge >= 0.3 is 6.01 Å². The number of amides is 1. The maximum absolute atomic E-state index is 11.4. The van der Waals surface area contributed by atoms with E-state index in [-0.39, 0.29) is 6.01 Å². The van der Waals surface area contributed by atoms with Crippen molar-refractivity contribution in [2.24, 2.45) is 5.73 Å². The van der Waals surface area contributed by atoms with Crippen LogP contribution in [-0.2, 0) is 0 Å². The number of hydrogen-bond acceptors (Lipinski definition) is 5. The smallest absolute Gasteiger partial charge is 0.320 e. The Hall–Kier alpha value is -2.63. The third-order valence-corrected chi connectivity index (χ3v) is 2.54. The molecule has 1 aromatic carbocycles. The lowest BCUT2D eigenvalue weighted by atomic mass is 10.0. The highest BCUT2D eigenvalue weighted by Crippen LogP contribution is 2.26. The molecule has 6 heteroatoms. The summed E-state index contributed by atoms with van der Waals surface area (Å²) in [4.78, 5) is 19.6. The van der Waals surface area contributed by atoms with Gasteiger partial charge in [0.2, 0.25) is 11.8 Å². The fourth-order valence-corrected chi connectivity index (χ4v) is 1.66. The molecule has 98 valence electrons. The first-order valence-electron chi connectivity index (χ1n) is 5.52. The van der Waals surface area contributed by atoms with Crippen molar-refractivity contribution in [2.45, 2.75) is 0 Å². The van der Waals surface area contributed by atoms with E-state index in [0.29, 0.717) is 22.7 Å². The zero-order valence-corrected chi connectivity index (χ0v) is 10.6. The molecule has 0 saturated carbocycles.